The second-order valence-electron chi connectivity index (χ2n) is 7.09. The molecule has 1 aliphatic heterocycles. The highest BCUT2D eigenvalue weighted by Crippen LogP contribution is 2.32. The minimum Gasteiger partial charge on any atom is -0.494 e. The van der Waals surface area contributed by atoms with E-state index in [1.807, 2.05) is 6.92 Å². The van der Waals surface area contributed by atoms with Crippen LogP contribution in [0, 0.1) is 0 Å². The van der Waals surface area contributed by atoms with Gasteiger partial charge in [-0.1, -0.05) is 6.07 Å². The van der Waals surface area contributed by atoms with Crippen molar-refractivity contribution in [1.29, 1.82) is 0 Å². The Bertz CT molecular complexity index is 1090. The zero-order chi connectivity index (χ0) is 23.8. The van der Waals surface area contributed by atoms with Crippen molar-refractivity contribution in [3.05, 3.63) is 48.0 Å². The van der Waals surface area contributed by atoms with Crippen LogP contribution in [0.4, 0.5) is 0 Å². The van der Waals surface area contributed by atoms with Gasteiger partial charge >= 0.3 is 5.97 Å². The van der Waals surface area contributed by atoms with E-state index in [9.17, 15) is 18.0 Å². The molecule has 178 valence electrons. The lowest BCUT2D eigenvalue weighted by Crippen LogP contribution is -2.36. The van der Waals surface area contributed by atoms with Gasteiger partial charge in [0.1, 0.15) is 5.75 Å². The first-order valence-corrected chi connectivity index (χ1v) is 11.8. The highest BCUT2D eigenvalue weighted by Gasteiger charge is 2.20. The molecule has 1 atom stereocenters. The van der Waals surface area contributed by atoms with Crippen molar-refractivity contribution in [2.75, 3.05) is 19.9 Å². The van der Waals surface area contributed by atoms with Crippen molar-refractivity contribution in [3.63, 3.8) is 0 Å². The SMILES string of the molecule is CCOc1ccc(S(=O)(=O)NCCC(=O)OC(C)C(=O)NCc2ccc3c(c2)OCO3)cc1. The molecule has 1 aliphatic rings. The van der Waals surface area contributed by atoms with Gasteiger partial charge in [-0.15, -0.1) is 0 Å². The normalized spacial score (nSPS) is 13.3. The summed E-state index contributed by atoms with van der Waals surface area (Å²) in [6.07, 6.45) is -1.26. The summed E-state index contributed by atoms with van der Waals surface area (Å²) in [7, 11) is -3.79. The third-order valence-electron chi connectivity index (χ3n) is 4.65. The third kappa shape index (κ3) is 6.83. The standard InChI is InChI=1S/C22H26N2O8S/c1-3-29-17-5-7-18(8-6-17)33(27,28)24-11-10-21(25)32-15(2)22(26)23-13-16-4-9-19-20(12-16)31-14-30-19/h4-9,12,15,24H,3,10-11,13-14H2,1-2H3,(H,23,26). The number of esters is 1. The van der Waals surface area contributed by atoms with Gasteiger partial charge in [0.2, 0.25) is 16.8 Å². The molecular formula is C22H26N2O8S. The predicted octanol–water partition coefficient (Wildman–Crippen LogP) is 1.73. The fourth-order valence-electron chi connectivity index (χ4n) is 2.95. The second kappa shape index (κ2) is 11.0. The number of hydrogen-bond donors (Lipinski definition) is 2. The molecule has 0 spiro atoms. The molecule has 33 heavy (non-hydrogen) atoms. The Balaban J connectivity index is 1.39. The van der Waals surface area contributed by atoms with E-state index in [0.717, 1.165) is 5.56 Å². The zero-order valence-corrected chi connectivity index (χ0v) is 19.1. The Morgan fingerprint density at radius 1 is 1.09 bits per heavy atom. The van der Waals surface area contributed by atoms with Gasteiger partial charge in [0.25, 0.3) is 5.91 Å². The maximum atomic E-state index is 12.3. The summed E-state index contributed by atoms with van der Waals surface area (Å²) in [6, 6.07) is 11.2. The van der Waals surface area contributed by atoms with Gasteiger partial charge in [0, 0.05) is 13.1 Å². The average molecular weight is 479 g/mol. The van der Waals surface area contributed by atoms with E-state index in [1.54, 1.807) is 30.3 Å². The fraction of sp³-hybridized carbons (Fsp3) is 0.364. The van der Waals surface area contributed by atoms with Gasteiger partial charge < -0.3 is 24.3 Å². The minimum atomic E-state index is -3.79. The summed E-state index contributed by atoms with van der Waals surface area (Å²) in [6.45, 7) is 3.96. The Kier molecular flexibility index (Phi) is 8.12. The van der Waals surface area contributed by atoms with Gasteiger partial charge in [-0.2, -0.15) is 0 Å². The number of benzene rings is 2. The lowest BCUT2D eigenvalue weighted by Gasteiger charge is -2.14. The lowest BCUT2D eigenvalue weighted by atomic mass is 10.2. The Morgan fingerprint density at radius 2 is 1.82 bits per heavy atom. The van der Waals surface area contributed by atoms with Gasteiger partial charge in [-0.05, 0) is 55.8 Å². The first kappa shape index (κ1) is 24.3. The minimum absolute atomic E-state index is 0.0515. The largest absolute Gasteiger partial charge is 0.494 e. The molecule has 2 N–H and O–H groups in total. The van der Waals surface area contributed by atoms with Crippen LogP contribution < -0.4 is 24.2 Å². The summed E-state index contributed by atoms with van der Waals surface area (Å²) >= 11 is 0. The van der Waals surface area contributed by atoms with Crippen molar-refractivity contribution in [2.24, 2.45) is 0 Å². The monoisotopic (exact) mass is 478 g/mol. The summed E-state index contributed by atoms with van der Waals surface area (Å²) in [5, 5.41) is 2.68. The van der Waals surface area contributed by atoms with E-state index in [-0.39, 0.29) is 31.2 Å². The lowest BCUT2D eigenvalue weighted by molar-refractivity contribution is -0.154. The zero-order valence-electron chi connectivity index (χ0n) is 18.3. The second-order valence-corrected chi connectivity index (χ2v) is 8.86. The molecule has 1 heterocycles. The van der Waals surface area contributed by atoms with Crippen LogP contribution in [0.25, 0.3) is 0 Å². The fourth-order valence-corrected chi connectivity index (χ4v) is 3.98. The van der Waals surface area contributed by atoms with Crippen molar-refractivity contribution < 1.29 is 37.0 Å². The van der Waals surface area contributed by atoms with Crippen LogP contribution >= 0.6 is 0 Å². The molecule has 3 rings (SSSR count). The Morgan fingerprint density at radius 3 is 2.55 bits per heavy atom. The quantitative estimate of drug-likeness (QED) is 0.467. The van der Waals surface area contributed by atoms with Crippen LogP contribution in [-0.4, -0.2) is 46.3 Å². The van der Waals surface area contributed by atoms with E-state index in [0.29, 0.717) is 23.9 Å². The van der Waals surface area contributed by atoms with E-state index >= 15 is 0 Å². The van der Waals surface area contributed by atoms with Crippen LogP contribution in [0.3, 0.4) is 0 Å². The molecule has 0 saturated carbocycles. The highest BCUT2D eigenvalue weighted by molar-refractivity contribution is 7.89. The summed E-state index contributed by atoms with van der Waals surface area (Å²) < 4.78 is 47.9. The summed E-state index contributed by atoms with van der Waals surface area (Å²) in [5.74, 6) is 0.636. The number of hydrogen-bond acceptors (Lipinski definition) is 8. The molecule has 1 amide bonds. The molecular weight excluding hydrogens is 452 g/mol. The van der Waals surface area contributed by atoms with Gasteiger partial charge in [0.05, 0.1) is 17.9 Å². The average Bonchev–Trinajstić information content (AvgIpc) is 3.26. The number of sulfonamides is 1. The van der Waals surface area contributed by atoms with E-state index in [4.69, 9.17) is 18.9 Å². The topological polar surface area (TPSA) is 129 Å². The van der Waals surface area contributed by atoms with Crippen molar-refractivity contribution in [2.45, 2.75) is 37.8 Å². The van der Waals surface area contributed by atoms with Crippen molar-refractivity contribution >= 4 is 21.9 Å². The van der Waals surface area contributed by atoms with Crippen LogP contribution in [0.5, 0.6) is 17.2 Å². The molecule has 1 unspecified atom stereocenters. The molecule has 0 aliphatic carbocycles. The maximum Gasteiger partial charge on any atom is 0.307 e. The van der Waals surface area contributed by atoms with E-state index < -0.39 is 28.0 Å². The Hall–Kier alpha value is -3.31. The maximum absolute atomic E-state index is 12.3. The third-order valence-corrected chi connectivity index (χ3v) is 6.12. The number of amides is 1. The number of fused-ring (bicyclic) bond motifs is 1. The molecule has 11 heteroatoms. The molecule has 10 nitrogen and oxygen atoms in total. The van der Waals surface area contributed by atoms with Crippen LogP contribution in [0.2, 0.25) is 0 Å². The molecule has 2 aromatic carbocycles. The molecule has 2 aromatic rings. The highest BCUT2D eigenvalue weighted by atomic mass is 32.2. The van der Waals surface area contributed by atoms with Gasteiger partial charge in [0.15, 0.2) is 17.6 Å². The molecule has 0 bridgehead atoms. The molecule has 0 saturated heterocycles. The van der Waals surface area contributed by atoms with Crippen LogP contribution in [-0.2, 0) is 30.9 Å². The smallest absolute Gasteiger partial charge is 0.307 e. The summed E-state index contributed by atoms with van der Waals surface area (Å²) in [4.78, 5) is 24.3. The van der Waals surface area contributed by atoms with Gasteiger partial charge in [-0.25, -0.2) is 13.1 Å². The summed E-state index contributed by atoms with van der Waals surface area (Å²) in [5.41, 5.74) is 0.801. The number of carbonyl (C=O) groups excluding carboxylic acids is 2. The van der Waals surface area contributed by atoms with Crippen molar-refractivity contribution in [3.8, 4) is 17.2 Å². The van der Waals surface area contributed by atoms with Crippen LogP contribution in [0.15, 0.2) is 47.4 Å². The van der Waals surface area contributed by atoms with Crippen molar-refractivity contribution in [1.82, 2.24) is 10.0 Å². The van der Waals surface area contributed by atoms with Gasteiger partial charge in [-0.3, -0.25) is 9.59 Å². The first-order valence-electron chi connectivity index (χ1n) is 10.4. The molecule has 0 radical (unpaired) electrons. The predicted molar refractivity (Wildman–Crippen MR) is 117 cm³/mol. The molecule has 0 aromatic heterocycles. The Labute approximate surface area is 192 Å². The number of nitrogens with one attached hydrogen (secondary N) is 2. The number of carbonyl (C=O) groups is 2. The van der Waals surface area contributed by atoms with E-state index in [1.165, 1.54) is 19.1 Å². The van der Waals surface area contributed by atoms with Crippen LogP contribution in [0.1, 0.15) is 25.8 Å². The molecule has 0 fully saturated rings. The number of ether oxygens (including phenoxy) is 4. The first-order chi connectivity index (χ1) is 15.8. The number of rotatable bonds is 11. The van der Waals surface area contributed by atoms with E-state index in [2.05, 4.69) is 10.0 Å².